The van der Waals surface area contributed by atoms with Crippen LogP contribution in [-0.2, 0) is 4.79 Å². The summed E-state index contributed by atoms with van der Waals surface area (Å²) in [4.78, 5) is 26.1. The molecule has 1 aliphatic heterocycles. The van der Waals surface area contributed by atoms with Crippen molar-refractivity contribution in [3.8, 4) is 5.75 Å². The first kappa shape index (κ1) is 19.1. The number of aryl methyl sites for hydroxylation is 1. The van der Waals surface area contributed by atoms with Crippen molar-refractivity contribution in [2.45, 2.75) is 39.7 Å². The lowest BCUT2D eigenvalue weighted by Crippen LogP contribution is -2.51. The lowest BCUT2D eigenvalue weighted by Gasteiger charge is -2.32. The van der Waals surface area contributed by atoms with E-state index in [9.17, 15) is 9.59 Å². The van der Waals surface area contributed by atoms with Crippen LogP contribution in [0.4, 0.5) is 4.79 Å². The number of piperidine rings is 1. The van der Waals surface area contributed by atoms with Crippen LogP contribution in [0.15, 0.2) is 24.3 Å². The van der Waals surface area contributed by atoms with E-state index in [1.807, 2.05) is 45.0 Å². The number of benzene rings is 1. The van der Waals surface area contributed by atoms with Gasteiger partial charge in [0.05, 0.1) is 12.0 Å². The maximum atomic E-state index is 12.4. The maximum absolute atomic E-state index is 12.4. The van der Waals surface area contributed by atoms with E-state index in [0.717, 1.165) is 24.2 Å². The van der Waals surface area contributed by atoms with Crippen molar-refractivity contribution < 1.29 is 14.3 Å². The number of rotatable bonds is 6. The summed E-state index contributed by atoms with van der Waals surface area (Å²) in [7, 11) is 0. The number of ether oxygens (including phenoxy) is 1. The first-order valence-electron chi connectivity index (χ1n) is 9.02. The highest BCUT2D eigenvalue weighted by atomic mass is 16.5. The zero-order valence-electron chi connectivity index (χ0n) is 15.4. The summed E-state index contributed by atoms with van der Waals surface area (Å²) in [5.74, 6) is 0.726. The van der Waals surface area contributed by atoms with Crippen LogP contribution in [0, 0.1) is 12.8 Å². The van der Waals surface area contributed by atoms with E-state index < -0.39 is 0 Å². The Morgan fingerprint density at radius 3 is 2.92 bits per heavy atom. The molecule has 1 aromatic rings. The smallest absolute Gasteiger partial charge is 0.317 e. The van der Waals surface area contributed by atoms with Gasteiger partial charge in [-0.3, -0.25) is 4.79 Å². The number of carbonyl (C=O) groups excluding carboxylic acids is 2. The van der Waals surface area contributed by atoms with E-state index in [1.165, 1.54) is 0 Å². The molecule has 1 heterocycles. The summed E-state index contributed by atoms with van der Waals surface area (Å²) in [6.45, 7) is 8.02. The van der Waals surface area contributed by atoms with Crippen LogP contribution in [0.1, 0.15) is 32.3 Å². The van der Waals surface area contributed by atoms with Crippen LogP contribution in [0.5, 0.6) is 5.75 Å². The Hall–Kier alpha value is -2.24. The third-order valence-electron chi connectivity index (χ3n) is 4.29. The largest absolute Gasteiger partial charge is 0.491 e. The molecule has 1 aliphatic rings. The Balaban J connectivity index is 1.79. The van der Waals surface area contributed by atoms with Gasteiger partial charge in [0.1, 0.15) is 12.4 Å². The lowest BCUT2D eigenvalue weighted by molar-refractivity contribution is -0.126. The number of likely N-dealkylation sites (tertiary alicyclic amines) is 1. The van der Waals surface area contributed by atoms with Crippen LogP contribution in [-0.4, -0.2) is 49.1 Å². The molecule has 2 rings (SSSR count). The number of hydrogen-bond donors (Lipinski definition) is 2. The third kappa shape index (κ3) is 5.96. The molecule has 0 spiro atoms. The minimum atomic E-state index is -0.130. The fourth-order valence-electron chi connectivity index (χ4n) is 2.96. The van der Waals surface area contributed by atoms with Gasteiger partial charge in [-0.2, -0.15) is 0 Å². The molecular weight excluding hydrogens is 318 g/mol. The standard InChI is InChI=1S/C19H29N3O3/c1-4-20-18(23)16-8-6-10-22(12-16)19(24)21-15(3)13-25-17-9-5-7-14(2)11-17/h5,7,9,11,15-16H,4,6,8,10,12-13H2,1-3H3,(H,20,23)(H,21,24). The highest BCUT2D eigenvalue weighted by Gasteiger charge is 2.28. The molecule has 3 amide bonds. The van der Waals surface area contributed by atoms with Gasteiger partial charge >= 0.3 is 6.03 Å². The molecule has 6 heteroatoms. The summed E-state index contributed by atoms with van der Waals surface area (Å²) >= 11 is 0. The molecule has 0 saturated carbocycles. The number of hydrogen-bond acceptors (Lipinski definition) is 3. The molecule has 2 atom stereocenters. The number of amides is 3. The summed E-state index contributed by atoms with van der Waals surface area (Å²) < 4.78 is 5.73. The van der Waals surface area contributed by atoms with E-state index in [-0.39, 0.29) is 23.9 Å². The predicted molar refractivity (Wildman–Crippen MR) is 97.6 cm³/mol. The van der Waals surface area contributed by atoms with Crippen molar-refractivity contribution in [1.29, 1.82) is 0 Å². The number of nitrogens with zero attached hydrogens (tertiary/aromatic N) is 1. The number of nitrogens with one attached hydrogen (secondary N) is 2. The number of carbonyl (C=O) groups is 2. The summed E-state index contributed by atoms with van der Waals surface area (Å²) in [6.07, 6.45) is 1.69. The zero-order valence-corrected chi connectivity index (χ0v) is 15.4. The van der Waals surface area contributed by atoms with Crippen molar-refractivity contribution in [2.24, 2.45) is 5.92 Å². The molecule has 0 aliphatic carbocycles. The van der Waals surface area contributed by atoms with Gasteiger partial charge < -0.3 is 20.3 Å². The van der Waals surface area contributed by atoms with Crippen LogP contribution in [0.25, 0.3) is 0 Å². The van der Waals surface area contributed by atoms with Gasteiger partial charge in [0.25, 0.3) is 0 Å². The summed E-state index contributed by atoms with van der Waals surface area (Å²) in [5.41, 5.74) is 1.14. The lowest BCUT2D eigenvalue weighted by atomic mass is 9.97. The molecule has 6 nitrogen and oxygen atoms in total. The molecule has 2 unspecified atom stereocenters. The Labute approximate surface area is 149 Å². The Morgan fingerprint density at radius 1 is 1.40 bits per heavy atom. The van der Waals surface area contributed by atoms with E-state index in [0.29, 0.717) is 26.2 Å². The van der Waals surface area contributed by atoms with Crippen molar-refractivity contribution in [1.82, 2.24) is 15.5 Å². The maximum Gasteiger partial charge on any atom is 0.317 e. The molecule has 0 aromatic heterocycles. The minimum absolute atomic E-state index is 0.0378. The van der Waals surface area contributed by atoms with E-state index in [4.69, 9.17) is 4.74 Å². The monoisotopic (exact) mass is 347 g/mol. The molecule has 2 N–H and O–H groups in total. The molecular formula is C19H29N3O3. The van der Waals surface area contributed by atoms with Gasteiger partial charge in [-0.15, -0.1) is 0 Å². The average molecular weight is 347 g/mol. The fourth-order valence-corrected chi connectivity index (χ4v) is 2.96. The normalized spacial score (nSPS) is 18.4. The van der Waals surface area contributed by atoms with E-state index in [1.54, 1.807) is 4.90 Å². The van der Waals surface area contributed by atoms with Gasteiger partial charge in [-0.25, -0.2) is 4.79 Å². The molecule has 138 valence electrons. The van der Waals surface area contributed by atoms with Crippen molar-refractivity contribution in [3.63, 3.8) is 0 Å². The van der Waals surface area contributed by atoms with Crippen LogP contribution in [0.3, 0.4) is 0 Å². The second-order valence-corrected chi connectivity index (χ2v) is 6.66. The highest BCUT2D eigenvalue weighted by molar-refractivity contribution is 5.80. The first-order chi connectivity index (χ1) is 12.0. The topological polar surface area (TPSA) is 70.7 Å². The molecule has 0 radical (unpaired) electrons. The van der Waals surface area contributed by atoms with Crippen molar-refractivity contribution in [2.75, 3.05) is 26.2 Å². The van der Waals surface area contributed by atoms with E-state index in [2.05, 4.69) is 10.6 Å². The van der Waals surface area contributed by atoms with E-state index >= 15 is 0 Å². The van der Waals surface area contributed by atoms with Gasteiger partial charge in [0.15, 0.2) is 0 Å². The van der Waals surface area contributed by atoms with Crippen LogP contribution >= 0.6 is 0 Å². The second kappa shape index (κ2) is 9.30. The number of urea groups is 1. The Bertz CT molecular complexity index is 591. The van der Waals surface area contributed by atoms with Gasteiger partial charge in [-0.05, 0) is 51.3 Å². The molecule has 1 fully saturated rings. The third-order valence-corrected chi connectivity index (χ3v) is 4.29. The summed E-state index contributed by atoms with van der Waals surface area (Å²) in [5, 5.41) is 5.80. The molecule has 1 aromatic carbocycles. The highest BCUT2D eigenvalue weighted by Crippen LogP contribution is 2.17. The minimum Gasteiger partial charge on any atom is -0.491 e. The van der Waals surface area contributed by atoms with Crippen molar-refractivity contribution in [3.05, 3.63) is 29.8 Å². The van der Waals surface area contributed by atoms with Crippen LogP contribution in [0.2, 0.25) is 0 Å². The summed E-state index contributed by atoms with van der Waals surface area (Å²) in [6, 6.07) is 7.59. The Morgan fingerprint density at radius 2 is 2.20 bits per heavy atom. The van der Waals surface area contributed by atoms with Crippen LogP contribution < -0.4 is 15.4 Å². The van der Waals surface area contributed by atoms with Gasteiger partial charge in [0, 0.05) is 19.6 Å². The molecule has 0 bridgehead atoms. The Kier molecular flexibility index (Phi) is 7.10. The molecule has 25 heavy (non-hydrogen) atoms. The van der Waals surface area contributed by atoms with Crippen molar-refractivity contribution >= 4 is 11.9 Å². The average Bonchev–Trinajstić information content (AvgIpc) is 2.60. The first-order valence-corrected chi connectivity index (χ1v) is 9.02. The zero-order chi connectivity index (χ0) is 18.2. The molecule has 1 saturated heterocycles. The predicted octanol–water partition coefficient (Wildman–Crippen LogP) is 2.32. The second-order valence-electron chi connectivity index (χ2n) is 6.66. The van der Waals surface area contributed by atoms with Gasteiger partial charge in [-0.1, -0.05) is 12.1 Å². The van der Waals surface area contributed by atoms with Gasteiger partial charge in [0.2, 0.25) is 5.91 Å². The fraction of sp³-hybridized carbons (Fsp3) is 0.579. The SMILES string of the molecule is CCNC(=O)C1CCCN(C(=O)NC(C)COc2cccc(C)c2)C1. The quantitative estimate of drug-likeness (QED) is 0.830.